The summed E-state index contributed by atoms with van der Waals surface area (Å²) < 4.78 is 1.70. The van der Waals surface area contributed by atoms with Gasteiger partial charge in [0.2, 0.25) is 0 Å². The van der Waals surface area contributed by atoms with Crippen LogP contribution in [0.3, 0.4) is 0 Å². The van der Waals surface area contributed by atoms with Crippen LogP contribution in [0, 0.1) is 13.8 Å². The van der Waals surface area contributed by atoms with Crippen molar-refractivity contribution in [3.05, 3.63) is 53.6 Å². The molecule has 17 heavy (non-hydrogen) atoms. The van der Waals surface area contributed by atoms with Crippen LogP contribution in [-0.2, 0) is 0 Å². The summed E-state index contributed by atoms with van der Waals surface area (Å²) in [6, 6.07) is 10.1. The van der Waals surface area contributed by atoms with E-state index < -0.39 is 0 Å². The highest BCUT2D eigenvalue weighted by Crippen LogP contribution is 2.00. The summed E-state index contributed by atoms with van der Waals surface area (Å²) >= 11 is 0. The molecule has 1 aromatic heterocycles. The monoisotopic (exact) mass is 226 g/mol. The first kappa shape index (κ1) is 11.3. The largest absolute Gasteiger partial charge is 0.202 e. The smallest absolute Gasteiger partial charge is 0.151 e. The third-order valence-electron chi connectivity index (χ3n) is 2.31. The number of aryl methyl sites for hydroxylation is 2. The second-order valence-electron chi connectivity index (χ2n) is 3.64. The first-order chi connectivity index (χ1) is 8.27. The third kappa shape index (κ3) is 2.87. The predicted octanol–water partition coefficient (Wildman–Crippen LogP) is 2.44. The Morgan fingerprint density at radius 2 is 1.71 bits per heavy atom. The average molecular weight is 226 g/mol. The summed E-state index contributed by atoms with van der Waals surface area (Å²) in [5, 5.41) is 12.1. The van der Waals surface area contributed by atoms with Crippen molar-refractivity contribution < 1.29 is 0 Å². The van der Waals surface area contributed by atoms with Crippen molar-refractivity contribution in [2.24, 2.45) is 5.10 Å². The van der Waals surface area contributed by atoms with Gasteiger partial charge in [-0.15, -0.1) is 10.2 Å². The van der Waals surface area contributed by atoms with Crippen LogP contribution in [0.1, 0.15) is 17.2 Å². The molecule has 0 saturated carbocycles. The standard InChI is InChI=1S/C13H14N4/c1-11-15-16-12(2)17(11)14-10-6-9-13-7-4-3-5-8-13/h3-10H,1-2H3/b9-6+,14-10?. The van der Waals surface area contributed by atoms with Gasteiger partial charge in [0.05, 0.1) is 0 Å². The zero-order chi connectivity index (χ0) is 12.1. The molecule has 0 N–H and O–H groups in total. The molecular formula is C13H14N4. The Balaban J connectivity index is 2.06. The molecule has 0 unspecified atom stereocenters. The lowest BCUT2D eigenvalue weighted by atomic mass is 10.2. The van der Waals surface area contributed by atoms with E-state index in [1.54, 1.807) is 10.9 Å². The maximum absolute atomic E-state index is 4.26. The van der Waals surface area contributed by atoms with Crippen LogP contribution in [0.15, 0.2) is 41.5 Å². The summed E-state index contributed by atoms with van der Waals surface area (Å²) in [5.74, 6) is 1.57. The second-order valence-corrected chi connectivity index (χ2v) is 3.64. The first-order valence-corrected chi connectivity index (χ1v) is 5.42. The fourth-order valence-electron chi connectivity index (χ4n) is 1.45. The minimum atomic E-state index is 0.784. The van der Waals surface area contributed by atoms with E-state index in [1.165, 1.54) is 0 Å². The van der Waals surface area contributed by atoms with Gasteiger partial charge in [-0.05, 0) is 25.5 Å². The second kappa shape index (κ2) is 5.21. The Morgan fingerprint density at radius 1 is 1.06 bits per heavy atom. The van der Waals surface area contributed by atoms with E-state index in [2.05, 4.69) is 15.3 Å². The Hall–Kier alpha value is -2.23. The summed E-state index contributed by atoms with van der Waals surface area (Å²) in [4.78, 5) is 0. The molecule has 1 heterocycles. The van der Waals surface area contributed by atoms with Crippen molar-refractivity contribution in [2.45, 2.75) is 13.8 Å². The van der Waals surface area contributed by atoms with Gasteiger partial charge in [0.1, 0.15) is 0 Å². The SMILES string of the molecule is Cc1nnc(C)n1N=C/C=C/c1ccccc1. The van der Waals surface area contributed by atoms with Crippen LogP contribution in [-0.4, -0.2) is 21.1 Å². The lowest BCUT2D eigenvalue weighted by Crippen LogP contribution is -1.94. The molecule has 0 fully saturated rings. The van der Waals surface area contributed by atoms with Crippen molar-refractivity contribution in [3.63, 3.8) is 0 Å². The van der Waals surface area contributed by atoms with E-state index in [4.69, 9.17) is 0 Å². The molecule has 0 saturated heterocycles. The number of hydrogen-bond acceptors (Lipinski definition) is 3. The van der Waals surface area contributed by atoms with Crippen LogP contribution in [0.5, 0.6) is 0 Å². The molecule has 1 aromatic carbocycles. The molecule has 0 aliphatic carbocycles. The van der Waals surface area contributed by atoms with Crippen molar-refractivity contribution >= 4 is 12.3 Å². The molecule has 0 radical (unpaired) electrons. The summed E-state index contributed by atoms with van der Waals surface area (Å²) in [7, 11) is 0. The highest BCUT2D eigenvalue weighted by Gasteiger charge is 1.99. The number of allylic oxidation sites excluding steroid dienone is 1. The van der Waals surface area contributed by atoms with Crippen molar-refractivity contribution in [1.29, 1.82) is 0 Å². The van der Waals surface area contributed by atoms with Crippen LogP contribution in [0.25, 0.3) is 6.08 Å². The predicted molar refractivity (Wildman–Crippen MR) is 68.9 cm³/mol. The molecule has 86 valence electrons. The minimum absolute atomic E-state index is 0.784. The fraction of sp³-hybridized carbons (Fsp3) is 0.154. The molecule has 2 aromatic rings. The van der Waals surface area contributed by atoms with E-state index in [9.17, 15) is 0 Å². The lowest BCUT2D eigenvalue weighted by molar-refractivity contribution is 0.799. The van der Waals surface area contributed by atoms with Gasteiger partial charge in [0, 0.05) is 6.21 Å². The Labute approximate surface area is 100 Å². The van der Waals surface area contributed by atoms with E-state index in [0.29, 0.717) is 0 Å². The van der Waals surface area contributed by atoms with Gasteiger partial charge in [-0.25, -0.2) is 4.68 Å². The summed E-state index contributed by atoms with van der Waals surface area (Å²) in [6.07, 6.45) is 5.63. The van der Waals surface area contributed by atoms with Crippen LogP contribution in [0.4, 0.5) is 0 Å². The average Bonchev–Trinajstić information content (AvgIpc) is 2.67. The van der Waals surface area contributed by atoms with Gasteiger partial charge in [-0.2, -0.15) is 5.10 Å². The zero-order valence-corrected chi connectivity index (χ0v) is 9.91. The normalized spacial score (nSPS) is 11.6. The van der Waals surface area contributed by atoms with E-state index in [1.807, 2.05) is 56.3 Å². The van der Waals surface area contributed by atoms with Crippen LogP contribution in [0.2, 0.25) is 0 Å². The lowest BCUT2D eigenvalue weighted by Gasteiger charge is -1.94. The van der Waals surface area contributed by atoms with E-state index in [-0.39, 0.29) is 0 Å². The fourth-order valence-corrected chi connectivity index (χ4v) is 1.45. The van der Waals surface area contributed by atoms with E-state index >= 15 is 0 Å². The van der Waals surface area contributed by atoms with Gasteiger partial charge in [0.15, 0.2) is 11.6 Å². The number of nitrogens with zero attached hydrogens (tertiary/aromatic N) is 4. The topological polar surface area (TPSA) is 43.1 Å². The molecular weight excluding hydrogens is 212 g/mol. The number of aromatic nitrogens is 3. The third-order valence-corrected chi connectivity index (χ3v) is 2.31. The maximum atomic E-state index is 4.26. The Kier molecular flexibility index (Phi) is 3.45. The number of benzene rings is 1. The van der Waals surface area contributed by atoms with Crippen molar-refractivity contribution in [3.8, 4) is 0 Å². The van der Waals surface area contributed by atoms with Gasteiger partial charge < -0.3 is 0 Å². The van der Waals surface area contributed by atoms with Crippen molar-refractivity contribution in [1.82, 2.24) is 14.9 Å². The maximum Gasteiger partial charge on any atom is 0.151 e. The van der Waals surface area contributed by atoms with Crippen molar-refractivity contribution in [2.75, 3.05) is 0 Å². The molecule has 0 bridgehead atoms. The van der Waals surface area contributed by atoms with Gasteiger partial charge in [-0.1, -0.05) is 36.4 Å². The zero-order valence-electron chi connectivity index (χ0n) is 9.91. The summed E-state index contributed by atoms with van der Waals surface area (Å²) in [5.41, 5.74) is 1.15. The number of rotatable bonds is 3. The molecule has 4 nitrogen and oxygen atoms in total. The molecule has 4 heteroatoms. The molecule has 0 spiro atoms. The van der Waals surface area contributed by atoms with Gasteiger partial charge in [-0.3, -0.25) is 0 Å². The molecule has 0 amide bonds. The highest BCUT2D eigenvalue weighted by atomic mass is 15.4. The molecule has 0 atom stereocenters. The highest BCUT2D eigenvalue weighted by molar-refractivity contribution is 5.78. The number of hydrogen-bond donors (Lipinski definition) is 0. The first-order valence-electron chi connectivity index (χ1n) is 5.42. The minimum Gasteiger partial charge on any atom is -0.202 e. The van der Waals surface area contributed by atoms with Gasteiger partial charge >= 0.3 is 0 Å². The Morgan fingerprint density at radius 3 is 2.35 bits per heavy atom. The molecule has 2 rings (SSSR count). The molecule has 0 aliphatic heterocycles. The summed E-state index contributed by atoms with van der Waals surface area (Å²) in [6.45, 7) is 3.75. The van der Waals surface area contributed by atoms with Crippen LogP contribution >= 0.6 is 0 Å². The molecule has 0 aliphatic rings. The van der Waals surface area contributed by atoms with E-state index in [0.717, 1.165) is 17.2 Å². The Bertz CT molecular complexity index is 518. The van der Waals surface area contributed by atoms with Gasteiger partial charge in [0.25, 0.3) is 0 Å². The van der Waals surface area contributed by atoms with Crippen LogP contribution < -0.4 is 0 Å². The quantitative estimate of drug-likeness (QED) is 0.754.